The average molecular weight is 362 g/mol. The van der Waals surface area contributed by atoms with Crippen molar-refractivity contribution in [2.24, 2.45) is 10.3 Å². The molecule has 0 atom stereocenters. The Hall–Kier alpha value is -1.89. The van der Waals surface area contributed by atoms with Gasteiger partial charge in [-0.1, -0.05) is 42.5 Å². The summed E-state index contributed by atoms with van der Waals surface area (Å²) in [6.07, 6.45) is 1.85. The molecule has 1 N–H and O–H groups in total. The Balaban J connectivity index is 1.82. The molecule has 1 aliphatic heterocycles. The molecule has 2 aromatic rings. The molecule has 0 unspecified atom stereocenters. The zero-order valence-electron chi connectivity index (χ0n) is 9.99. The van der Waals surface area contributed by atoms with Crippen LogP contribution in [-0.4, -0.2) is 0 Å². The topological polar surface area (TPSA) is 40.0 Å². The zero-order chi connectivity index (χ0) is 13.1. The van der Waals surface area contributed by atoms with Crippen molar-refractivity contribution in [3.63, 3.8) is 0 Å². The first-order valence-corrected chi connectivity index (χ1v) is 6.90. The zero-order valence-corrected chi connectivity index (χ0v) is 12.2. The molecular formula is C14H11IN4. The minimum Gasteiger partial charge on any atom is -0.281 e. The summed E-state index contributed by atoms with van der Waals surface area (Å²) in [6.45, 7) is 0. The van der Waals surface area contributed by atoms with Gasteiger partial charge in [-0.05, 0) is 39.9 Å². The largest absolute Gasteiger partial charge is 0.281 e. The van der Waals surface area contributed by atoms with Gasteiger partial charge in [-0.3, -0.25) is 5.43 Å². The predicted molar refractivity (Wildman–Crippen MR) is 84.0 cm³/mol. The molecule has 0 saturated heterocycles. The van der Waals surface area contributed by atoms with Gasteiger partial charge in [0.25, 0.3) is 0 Å². The monoisotopic (exact) mass is 362 g/mol. The van der Waals surface area contributed by atoms with E-state index in [0.717, 1.165) is 20.5 Å². The van der Waals surface area contributed by atoms with E-state index in [1.807, 2.05) is 60.8 Å². The lowest BCUT2D eigenvalue weighted by Crippen LogP contribution is -2.31. The Morgan fingerprint density at radius 1 is 0.947 bits per heavy atom. The number of rotatable bonds is 2. The van der Waals surface area contributed by atoms with Crippen molar-refractivity contribution in [2.45, 2.75) is 0 Å². The van der Waals surface area contributed by atoms with Crippen LogP contribution in [0, 0.1) is 3.57 Å². The van der Waals surface area contributed by atoms with E-state index in [1.165, 1.54) is 0 Å². The molecule has 0 bridgehead atoms. The molecule has 0 spiro atoms. The van der Waals surface area contributed by atoms with E-state index in [4.69, 9.17) is 0 Å². The van der Waals surface area contributed by atoms with Crippen LogP contribution < -0.4 is 10.5 Å². The molecule has 4 nitrogen and oxygen atoms in total. The van der Waals surface area contributed by atoms with Crippen LogP contribution in [0.4, 0.5) is 5.69 Å². The molecule has 0 aromatic heterocycles. The van der Waals surface area contributed by atoms with Crippen LogP contribution >= 0.6 is 22.6 Å². The fourth-order valence-corrected chi connectivity index (χ4v) is 2.38. The van der Waals surface area contributed by atoms with E-state index >= 15 is 0 Å². The summed E-state index contributed by atoms with van der Waals surface area (Å²) >= 11 is 2.28. The number of anilines is 1. The minimum atomic E-state index is 0.822. The van der Waals surface area contributed by atoms with Crippen molar-refractivity contribution in [1.29, 1.82) is 0 Å². The maximum atomic E-state index is 4.24. The van der Waals surface area contributed by atoms with Crippen molar-refractivity contribution in [2.75, 3.05) is 5.12 Å². The van der Waals surface area contributed by atoms with Crippen LogP contribution in [0.15, 0.2) is 71.1 Å². The summed E-state index contributed by atoms with van der Waals surface area (Å²) in [6, 6.07) is 18.0. The Bertz CT molecular complexity index is 637. The third-order valence-corrected chi connectivity index (χ3v) is 3.63. The smallest absolute Gasteiger partial charge is 0.112 e. The minimum absolute atomic E-state index is 0.822. The number of hydrazine groups is 1. The van der Waals surface area contributed by atoms with Crippen molar-refractivity contribution in [3.05, 3.63) is 69.9 Å². The molecule has 0 aliphatic carbocycles. The van der Waals surface area contributed by atoms with E-state index in [0.29, 0.717) is 0 Å². The normalized spacial score (nSPS) is 13.9. The van der Waals surface area contributed by atoms with Crippen molar-refractivity contribution >= 4 is 34.0 Å². The number of benzene rings is 2. The van der Waals surface area contributed by atoms with Gasteiger partial charge in [0.05, 0.1) is 5.69 Å². The first-order valence-electron chi connectivity index (χ1n) is 5.83. The standard InChI is InChI=1S/C14H11IN4/c15-12-8-4-5-9-14(12)19-16-10-13(17-18-19)11-6-2-1-3-7-11/h1-10,16H. The fourth-order valence-electron chi connectivity index (χ4n) is 1.76. The van der Waals surface area contributed by atoms with Crippen LogP contribution in [-0.2, 0) is 0 Å². The molecule has 0 radical (unpaired) electrons. The van der Waals surface area contributed by atoms with Gasteiger partial charge in [0.2, 0.25) is 0 Å². The molecule has 94 valence electrons. The number of hydrogen-bond acceptors (Lipinski definition) is 4. The highest BCUT2D eigenvalue weighted by Gasteiger charge is 2.12. The van der Waals surface area contributed by atoms with Crippen LogP contribution in [0.3, 0.4) is 0 Å². The van der Waals surface area contributed by atoms with Gasteiger partial charge in [-0.25, -0.2) is 0 Å². The lowest BCUT2D eigenvalue weighted by Gasteiger charge is -2.21. The summed E-state index contributed by atoms with van der Waals surface area (Å²) in [7, 11) is 0. The van der Waals surface area contributed by atoms with Gasteiger partial charge in [0.1, 0.15) is 5.70 Å². The SMILES string of the molecule is Ic1ccccc1N1N=NC(c2ccccc2)=CN1. The quantitative estimate of drug-likeness (QED) is 0.821. The molecule has 0 fully saturated rings. The first kappa shape index (κ1) is 12.2. The summed E-state index contributed by atoms with van der Waals surface area (Å²) in [4.78, 5) is 0. The van der Waals surface area contributed by atoms with Crippen molar-refractivity contribution < 1.29 is 0 Å². The Kier molecular flexibility index (Phi) is 3.45. The van der Waals surface area contributed by atoms with E-state index in [2.05, 4.69) is 38.4 Å². The lowest BCUT2D eigenvalue weighted by molar-refractivity contribution is 0.717. The molecule has 1 heterocycles. The van der Waals surface area contributed by atoms with Gasteiger partial charge in [-0.15, -0.1) is 5.11 Å². The van der Waals surface area contributed by atoms with Crippen LogP contribution in [0.5, 0.6) is 0 Å². The van der Waals surface area contributed by atoms with Crippen LogP contribution in [0.25, 0.3) is 5.70 Å². The number of para-hydroxylation sites is 1. The lowest BCUT2D eigenvalue weighted by atomic mass is 10.2. The van der Waals surface area contributed by atoms with Gasteiger partial charge in [0.15, 0.2) is 0 Å². The third kappa shape index (κ3) is 2.60. The maximum Gasteiger partial charge on any atom is 0.112 e. The van der Waals surface area contributed by atoms with Gasteiger partial charge < -0.3 is 0 Å². The Morgan fingerprint density at radius 3 is 2.37 bits per heavy atom. The molecule has 0 amide bonds. The summed E-state index contributed by atoms with van der Waals surface area (Å²) in [5, 5.41) is 10.1. The van der Waals surface area contributed by atoms with Crippen molar-refractivity contribution in [3.8, 4) is 0 Å². The summed E-state index contributed by atoms with van der Waals surface area (Å²) in [5.41, 5.74) is 5.98. The van der Waals surface area contributed by atoms with Crippen LogP contribution in [0.2, 0.25) is 0 Å². The van der Waals surface area contributed by atoms with Crippen LogP contribution in [0.1, 0.15) is 5.56 Å². The Morgan fingerprint density at radius 2 is 1.68 bits per heavy atom. The molecule has 0 saturated carbocycles. The second-order valence-electron chi connectivity index (χ2n) is 3.98. The maximum absolute atomic E-state index is 4.24. The number of halogens is 1. The van der Waals surface area contributed by atoms with Crippen molar-refractivity contribution in [1.82, 2.24) is 5.43 Å². The van der Waals surface area contributed by atoms with Gasteiger partial charge in [-0.2, -0.15) is 5.12 Å². The average Bonchev–Trinajstić information content (AvgIpc) is 2.49. The number of nitrogens with zero attached hydrogens (tertiary/aromatic N) is 3. The first-order chi connectivity index (χ1) is 9.34. The molecule has 1 aliphatic rings. The third-order valence-electron chi connectivity index (χ3n) is 2.72. The highest BCUT2D eigenvalue weighted by molar-refractivity contribution is 14.1. The Labute approximate surface area is 124 Å². The number of nitrogens with one attached hydrogen (secondary N) is 1. The van der Waals surface area contributed by atoms with E-state index in [1.54, 1.807) is 5.12 Å². The molecule has 2 aromatic carbocycles. The number of hydrogen-bond donors (Lipinski definition) is 1. The van der Waals surface area contributed by atoms with E-state index < -0.39 is 0 Å². The molecule has 19 heavy (non-hydrogen) atoms. The fraction of sp³-hybridized carbons (Fsp3) is 0. The van der Waals surface area contributed by atoms with Gasteiger partial charge >= 0.3 is 0 Å². The molecular weight excluding hydrogens is 351 g/mol. The highest BCUT2D eigenvalue weighted by Crippen LogP contribution is 2.25. The second kappa shape index (κ2) is 5.40. The summed E-state index contributed by atoms with van der Waals surface area (Å²) < 4.78 is 1.11. The predicted octanol–water partition coefficient (Wildman–Crippen LogP) is 3.98. The highest BCUT2D eigenvalue weighted by atomic mass is 127. The molecule has 5 heteroatoms. The second-order valence-corrected chi connectivity index (χ2v) is 5.14. The van der Waals surface area contributed by atoms with E-state index in [-0.39, 0.29) is 0 Å². The van der Waals surface area contributed by atoms with Gasteiger partial charge in [0, 0.05) is 15.3 Å². The summed E-state index contributed by atoms with van der Waals surface area (Å²) in [5.74, 6) is 0. The molecule has 3 rings (SSSR count). The van der Waals surface area contributed by atoms with E-state index in [9.17, 15) is 0 Å².